The van der Waals surface area contributed by atoms with Gasteiger partial charge in [-0.25, -0.2) is 0 Å². The molecule has 23 heavy (non-hydrogen) atoms. The number of amides is 1. The number of nitrogens with one attached hydrogen (secondary N) is 2. The Kier molecular flexibility index (Phi) is 6.95. The largest absolute Gasteiger partial charge is 0.486 e. The summed E-state index contributed by atoms with van der Waals surface area (Å²) in [5, 5.41) is 6.16. The van der Waals surface area contributed by atoms with Crippen molar-refractivity contribution < 1.29 is 19.0 Å². The van der Waals surface area contributed by atoms with Crippen LogP contribution in [0.5, 0.6) is 11.5 Å². The summed E-state index contributed by atoms with van der Waals surface area (Å²) in [5.74, 6) is 1.61. The first-order chi connectivity index (χ1) is 10.8. The molecule has 0 saturated carbocycles. The van der Waals surface area contributed by atoms with Gasteiger partial charge in [-0.1, -0.05) is 6.07 Å². The average molecular weight is 343 g/mol. The van der Waals surface area contributed by atoms with Crippen LogP contribution in [-0.2, 0) is 16.0 Å². The number of benzene rings is 1. The van der Waals surface area contributed by atoms with Gasteiger partial charge in [-0.3, -0.25) is 4.79 Å². The third-order valence-corrected chi connectivity index (χ3v) is 3.76. The molecule has 7 heteroatoms. The molecular weight excluding hydrogens is 320 g/mol. The minimum Gasteiger partial charge on any atom is -0.486 e. The minimum absolute atomic E-state index is 0. The van der Waals surface area contributed by atoms with E-state index >= 15 is 0 Å². The van der Waals surface area contributed by atoms with Gasteiger partial charge in [0, 0.05) is 19.6 Å². The number of carbonyl (C=O) groups excluding carboxylic acids is 1. The second-order valence-electron chi connectivity index (χ2n) is 5.48. The van der Waals surface area contributed by atoms with Crippen molar-refractivity contribution in [3.8, 4) is 11.5 Å². The number of carbonyl (C=O) groups is 1. The van der Waals surface area contributed by atoms with Crippen molar-refractivity contribution in [2.45, 2.75) is 18.9 Å². The Morgan fingerprint density at radius 1 is 1.22 bits per heavy atom. The van der Waals surface area contributed by atoms with Crippen molar-refractivity contribution in [1.29, 1.82) is 0 Å². The highest BCUT2D eigenvalue weighted by Crippen LogP contribution is 2.30. The lowest BCUT2D eigenvalue weighted by Crippen LogP contribution is -2.41. The van der Waals surface area contributed by atoms with E-state index in [-0.39, 0.29) is 24.4 Å². The fourth-order valence-electron chi connectivity index (χ4n) is 2.62. The molecule has 1 saturated heterocycles. The molecule has 128 valence electrons. The van der Waals surface area contributed by atoms with Gasteiger partial charge in [0.05, 0.1) is 19.1 Å². The number of morpholine rings is 1. The zero-order valence-electron chi connectivity index (χ0n) is 13.0. The Bertz CT molecular complexity index is 521. The van der Waals surface area contributed by atoms with Crippen LogP contribution in [0.3, 0.4) is 0 Å². The number of halogens is 1. The SMILES string of the molecule is Cl.O=C(CC1CNCCO1)NCCc1ccc2c(c1)OCCO2. The van der Waals surface area contributed by atoms with Crippen LogP contribution in [0.15, 0.2) is 18.2 Å². The molecule has 0 bridgehead atoms. The molecule has 0 radical (unpaired) electrons. The Labute approximate surface area is 142 Å². The topological polar surface area (TPSA) is 68.8 Å². The third kappa shape index (κ3) is 5.27. The molecule has 0 aliphatic carbocycles. The van der Waals surface area contributed by atoms with E-state index in [9.17, 15) is 4.79 Å². The van der Waals surface area contributed by atoms with Crippen LogP contribution in [-0.4, -0.2) is 51.5 Å². The molecule has 2 aliphatic heterocycles. The third-order valence-electron chi connectivity index (χ3n) is 3.76. The van der Waals surface area contributed by atoms with Crippen molar-refractivity contribution in [3.63, 3.8) is 0 Å². The van der Waals surface area contributed by atoms with Gasteiger partial charge >= 0.3 is 0 Å². The van der Waals surface area contributed by atoms with Gasteiger partial charge in [0.2, 0.25) is 5.91 Å². The van der Waals surface area contributed by atoms with Gasteiger partial charge in [0.25, 0.3) is 0 Å². The van der Waals surface area contributed by atoms with Crippen LogP contribution in [0, 0.1) is 0 Å². The Morgan fingerprint density at radius 2 is 2.04 bits per heavy atom. The Morgan fingerprint density at radius 3 is 2.83 bits per heavy atom. The van der Waals surface area contributed by atoms with E-state index in [4.69, 9.17) is 14.2 Å². The molecule has 2 aliphatic rings. The summed E-state index contributed by atoms with van der Waals surface area (Å²) in [5.41, 5.74) is 1.13. The van der Waals surface area contributed by atoms with Gasteiger partial charge < -0.3 is 24.8 Å². The number of ether oxygens (including phenoxy) is 3. The zero-order chi connectivity index (χ0) is 15.2. The van der Waals surface area contributed by atoms with E-state index in [0.717, 1.165) is 36.6 Å². The quantitative estimate of drug-likeness (QED) is 0.832. The van der Waals surface area contributed by atoms with Crippen LogP contribution < -0.4 is 20.1 Å². The predicted molar refractivity (Wildman–Crippen MR) is 88.6 cm³/mol. The number of rotatable bonds is 5. The van der Waals surface area contributed by atoms with Crippen LogP contribution in [0.1, 0.15) is 12.0 Å². The number of hydrogen-bond acceptors (Lipinski definition) is 5. The van der Waals surface area contributed by atoms with Gasteiger partial charge in [-0.15, -0.1) is 12.4 Å². The standard InChI is InChI=1S/C16H22N2O4.ClH/c19-16(10-13-11-17-5-6-20-13)18-4-3-12-1-2-14-15(9-12)22-8-7-21-14;/h1-2,9,13,17H,3-8,10-11H2,(H,18,19);1H. The highest BCUT2D eigenvalue weighted by molar-refractivity contribution is 5.85. The molecule has 1 atom stereocenters. The maximum Gasteiger partial charge on any atom is 0.222 e. The van der Waals surface area contributed by atoms with E-state index in [0.29, 0.717) is 32.8 Å². The normalized spacial score (nSPS) is 19.6. The smallest absolute Gasteiger partial charge is 0.222 e. The van der Waals surface area contributed by atoms with Gasteiger partial charge in [-0.05, 0) is 24.1 Å². The van der Waals surface area contributed by atoms with Crippen LogP contribution in [0.4, 0.5) is 0 Å². The second kappa shape index (κ2) is 8.96. The van der Waals surface area contributed by atoms with Gasteiger partial charge in [0.1, 0.15) is 13.2 Å². The Hall–Kier alpha value is -1.50. The zero-order valence-corrected chi connectivity index (χ0v) is 13.8. The summed E-state index contributed by atoms with van der Waals surface area (Å²) in [6, 6.07) is 5.91. The van der Waals surface area contributed by atoms with Crippen molar-refractivity contribution in [3.05, 3.63) is 23.8 Å². The fraction of sp³-hybridized carbons (Fsp3) is 0.562. The highest BCUT2D eigenvalue weighted by Gasteiger charge is 2.17. The van der Waals surface area contributed by atoms with Crippen LogP contribution in [0.25, 0.3) is 0 Å². The first-order valence-corrected chi connectivity index (χ1v) is 7.79. The molecule has 1 fully saturated rings. The van der Waals surface area contributed by atoms with Gasteiger partial charge in [-0.2, -0.15) is 0 Å². The molecule has 3 rings (SSSR count). The lowest BCUT2D eigenvalue weighted by Gasteiger charge is -2.23. The molecule has 6 nitrogen and oxygen atoms in total. The number of fused-ring (bicyclic) bond motifs is 1. The molecule has 0 spiro atoms. The Balaban J connectivity index is 0.00000192. The van der Waals surface area contributed by atoms with Gasteiger partial charge in [0.15, 0.2) is 11.5 Å². The van der Waals surface area contributed by atoms with Crippen molar-refractivity contribution in [2.75, 3.05) is 39.5 Å². The maximum absolute atomic E-state index is 11.9. The summed E-state index contributed by atoms with van der Waals surface area (Å²) in [4.78, 5) is 11.9. The van der Waals surface area contributed by atoms with E-state index in [2.05, 4.69) is 10.6 Å². The summed E-state index contributed by atoms with van der Waals surface area (Å²) < 4.78 is 16.6. The molecule has 1 unspecified atom stereocenters. The van der Waals surface area contributed by atoms with Crippen molar-refractivity contribution >= 4 is 18.3 Å². The predicted octanol–water partition coefficient (Wildman–Crippen LogP) is 0.917. The lowest BCUT2D eigenvalue weighted by atomic mass is 10.1. The van der Waals surface area contributed by atoms with E-state index in [1.54, 1.807) is 0 Å². The monoisotopic (exact) mass is 342 g/mol. The summed E-state index contributed by atoms with van der Waals surface area (Å²) in [6.07, 6.45) is 1.17. The molecule has 0 aromatic heterocycles. The fourth-order valence-corrected chi connectivity index (χ4v) is 2.62. The van der Waals surface area contributed by atoms with E-state index < -0.39 is 0 Å². The first kappa shape index (κ1) is 17.8. The molecule has 2 N–H and O–H groups in total. The summed E-state index contributed by atoms with van der Waals surface area (Å²) in [7, 11) is 0. The minimum atomic E-state index is -0.0111. The lowest BCUT2D eigenvalue weighted by molar-refractivity contribution is -0.124. The first-order valence-electron chi connectivity index (χ1n) is 7.79. The summed E-state index contributed by atoms with van der Waals surface area (Å²) in [6.45, 7) is 4.08. The molecule has 1 aromatic carbocycles. The van der Waals surface area contributed by atoms with Crippen LogP contribution in [0.2, 0.25) is 0 Å². The van der Waals surface area contributed by atoms with Crippen LogP contribution >= 0.6 is 12.4 Å². The van der Waals surface area contributed by atoms with E-state index in [1.807, 2.05) is 18.2 Å². The van der Waals surface area contributed by atoms with Crippen molar-refractivity contribution in [1.82, 2.24) is 10.6 Å². The molecule has 2 heterocycles. The van der Waals surface area contributed by atoms with E-state index in [1.165, 1.54) is 0 Å². The molecule has 1 amide bonds. The molecule has 1 aromatic rings. The number of hydrogen-bond donors (Lipinski definition) is 2. The highest BCUT2D eigenvalue weighted by atomic mass is 35.5. The second-order valence-corrected chi connectivity index (χ2v) is 5.48. The maximum atomic E-state index is 11.9. The van der Waals surface area contributed by atoms with Crippen molar-refractivity contribution in [2.24, 2.45) is 0 Å². The molecular formula is C16H23ClN2O4. The average Bonchev–Trinajstić information content (AvgIpc) is 2.55. The summed E-state index contributed by atoms with van der Waals surface area (Å²) >= 11 is 0.